The van der Waals surface area contributed by atoms with Crippen molar-refractivity contribution in [2.24, 2.45) is 0 Å². The summed E-state index contributed by atoms with van der Waals surface area (Å²) in [6, 6.07) is 23.7. The third kappa shape index (κ3) is 3.02. The van der Waals surface area contributed by atoms with Crippen LogP contribution in [0.25, 0.3) is 32.9 Å². The van der Waals surface area contributed by atoms with Crippen LogP contribution in [0.15, 0.2) is 66.7 Å². The largest absolute Gasteiger partial charge is 0.494 e. The average Bonchev–Trinajstić information content (AvgIpc) is 3.11. The first-order valence-electron chi connectivity index (χ1n) is 9.92. The van der Waals surface area contributed by atoms with Crippen molar-refractivity contribution < 1.29 is 9.31 Å². The van der Waals surface area contributed by atoms with Crippen molar-refractivity contribution in [3.63, 3.8) is 0 Å². The Labute approximate surface area is 185 Å². The molecule has 4 aromatic rings. The van der Waals surface area contributed by atoms with Crippen molar-refractivity contribution in [3.8, 4) is 11.1 Å². The molecule has 1 saturated heterocycles. The van der Waals surface area contributed by atoms with E-state index in [1.54, 1.807) is 0 Å². The fourth-order valence-corrected chi connectivity index (χ4v) is 4.79. The van der Waals surface area contributed by atoms with E-state index in [-0.39, 0.29) is 18.3 Å². The molecule has 0 aliphatic carbocycles. The van der Waals surface area contributed by atoms with Crippen molar-refractivity contribution in [2.45, 2.75) is 38.9 Å². The first kappa shape index (κ1) is 19.2. The number of aromatic nitrogens is 1. The highest BCUT2D eigenvalue weighted by atomic mass is 127. The van der Waals surface area contributed by atoms with Gasteiger partial charge >= 0.3 is 7.12 Å². The SMILES string of the molecule is CC1(C)OB(c2cccc(-c3ccc4c(c3)c3ccccc3n4I)c2)OC1(C)C. The van der Waals surface area contributed by atoms with Gasteiger partial charge < -0.3 is 9.31 Å². The fraction of sp³-hybridized carbons (Fsp3) is 0.250. The lowest BCUT2D eigenvalue weighted by Crippen LogP contribution is -2.41. The summed E-state index contributed by atoms with van der Waals surface area (Å²) < 4.78 is 14.7. The van der Waals surface area contributed by atoms with Gasteiger partial charge in [-0.2, -0.15) is 0 Å². The quantitative estimate of drug-likeness (QED) is 0.253. The van der Waals surface area contributed by atoms with Gasteiger partial charge in [-0.15, -0.1) is 0 Å². The molecule has 3 aromatic carbocycles. The summed E-state index contributed by atoms with van der Waals surface area (Å²) in [6.45, 7) is 8.35. The number of para-hydroxylation sites is 1. The number of rotatable bonds is 2. The Kier molecular flexibility index (Phi) is 4.35. The molecule has 0 saturated carbocycles. The molecule has 29 heavy (non-hydrogen) atoms. The van der Waals surface area contributed by atoms with Gasteiger partial charge in [0.25, 0.3) is 0 Å². The lowest BCUT2D eigenvalue weighted by atomic mass is 9.78. The summed E-state index contributed by atoms with van der Waals surface area (Å²) in [5, 5.41) is 2.55. The number of halogens is 1. The average molecular weight is 495 g/mol. The highest BCUT2D eigenvalue weighted by Crippen LogP contribution is 2.37. The summed E-state index contributed by atoms with van der Waals surface area (Å²) in [7, 11) is -0.347. The van der Waals surface area contributed by atoms with Gasteiger partial charge in [0.2, 0.25) is 0 Å². The molecule has 5 heteroatoms. The normalized spacial score (nSPS) is 18.0. The van der Waals surface area contributed by atoms with E-state index in [1.807, 2.05) is 0 Å². The van der Waals surface area contributed by atoms with Gasteiger partial charge in [0, 0.05) is 10.8 Å². The van der Waals surface area contributed by atoms with Crippen LogP contribution in [-0.2, 0) is 9.31 Å². The van der Waals surface area contributed by atoms with Crippen LogP contribution in [0.5, 0.6) is 0 Å². The predicted molar refractivity (Wildman–Crippen MR) is 130 cm³/mol. The van der Waals surface area contributed by atoms with Crippen molar-refractivity contribution >= 4 is 57.3 Å². The van der Waals surface area contributed by atoms with E-state index in [0.717, 1.165) is 5.46 Å². The summed E-state index contributed by atoms with van der Waals surface area (Å²) >= 11 is 2.38. The molecular formula is C24H23BINO2. The van der Waals surface area contributed by atoms with Crippen LogP contribution in [0.3, 0.4) is 0 Å². The van der Waals surface area contributed by atoms with Gasteiger partial charge in [-0.05, 0) is 62.5 Å². The minimum absolute atomic E-state index is 0.339. The van der Waals surface area contributed by atoms with Gasteiger partial charge in [-0.3, -0.25) is 2.78 Å². The van der Waals surface area contributed by atoms with Gasteiger partial charge in [0.1, 0.15) is 0 Å². The molecule has 146 valence electrons. The van der Waals surface area contributed by atoms with E-state index in [4.69, 9.17) is 9.31 Å². The fourth-order valence-electron chi connectivity index (χ4n) is 3.95. The van der Waals surface area contributed by atoms with E-state index >= 15 is 0 Å². The Bertz CT molecular complexity index is 1230. The molecule has 0 radical (unpaired) electrons. The Morgan fingerprint density at radius 1 is 0.724 bits per heavy atom. The molecule has 3 nitrogen and oxygen atoms in total. The molecule has 1 aliphatic heterocycles. The topological polar surface area (TPSA) is 23.4 Å². The smallest absolute Gasteiger partial charge is 0.399 e. The molecule has 0 bridgehead atoms. The number of hydrogen-bond donors (Lipinski definition) is 0. The van der Waals surface area contributed by atoms with Crippen molar-refractivity contribution in [1.29, 1.82) is 0 Å². The van der Waals surface area contributed by atoms with E-state index in [0.29, 0.717) is 0 Å². The third-order valence-electron chi connectivity index (χ3n) is 6.36. The first-order valence-corrected chi connectivity index (χ1v) is 10.9. The van der Waals surface area contributed by atoms with Crippen LogP contribution in [-0.4, -0.2) is 21.1 Å². The summed E-state index contributed by atoms with van der Waals surface area (Å²) in [4.78, 5) is 0. The van der Waals surface area contributed by atoms with Crippen molar-refractivity contribution in [2.75, 3.05) is 0 Å². The van der Waals surface area contributed by atoms with Crippen LogP contribution >= 0.6 is 22.9 Å². The monoisotopic (exact) mass is 495 g/mol. The van der Waals surface area contributed by atoms with Crippen molar-refractivity contribution in [3.05, 3.63) is 66.7 Å². The minimum Gasteiger partial charge on any atom is -0.399 e. The van der Waals surface area contributed by atoms with E-state index in [9.17, 15) is 0 Å². The maximum atomic E-state index is 6.25. The Morgan fingerprint density at radius 3 is 2.14 bits per heavy atom. The van der Waals surface area contributed by atoms with Crippen LogP contribution in [0, 0.1) is 0 Å². The second-order valence-corrected chi connectivity index (χ2v) is 9.71. The summed E-state index contributed by atoms with van der Waals surface area (Å²) in [6.07, 6.45) is 0. The van der Waals surface area contributed by atoms with E-state index < -0.39 is 0 Å². The zero-order valence-electron chi connectivity index (χ0n) is 17.1. The minimum atomic E-state index is -0.347. The Balaban J connectivity index is 1.58. The maximum absolute atomic E-state index is 6.25. The maximum Gasteiger partial charge on any atom is 0.494 e. The van der Waals surface area contributed by atoms with Gasteiger partial charge in [0.05, 0.1) is 45.1 Å². The van der Waals surface area contributed by atoms with Crippen molar-refractivity contribution in [1.82, 2.24) is 2.78 Å². The summed E-state index contributed by atoms with van der Waals surface area (Å²) in [5.74, 6) is 0. The molecule has 2 heterocycles. The van der Waals surface area contributed by atoms with Gasteiger partial charge in [-0.1, -0.05) is 48.5 Å². The first-order chi connectivity index (χ1) is 13.8. The standard InChI is InChI=1S/C24H23BINO2/c1-23(2)24(3,4)29-25(28-23)18-9-7-8-16(14-18)17-12-13-22-20(15-17)19-10-5-6-11-21(19)27(22)26/h5-15H,1-4H3. The van der Waals surface area contributed by atoms with Crippen LogP contribution in [0.4, 0.5) is 0 Å². The number of nitrogens with zero attached hydrogens (tertiary/aromatic N) is 1. The number of fused-ring (bicyclic) bond motifs is 3. The molecule has 1 fully saturated rings. The predicted octanol–water partition coefficient (Wildman–Crippen LogP) is 5.96. The molecule has 0 amide bonds. The molecule has 1 aromatic heterocycles. The highest BCUT2D eigenvalue weighted by Gasteiger charge is 2.51. The van der Waals surface area contributed by atoms with Crippen LogP contribution < -0.4 is 5.46 Å². The van der Waals surface area contributed by atoms with Gasteiger partial charge in [0.15, 0.2) is 0 Å². The molecule has 0 unspecified atom stereocenters. The molecular weight excluding hydrogens is 472 g/mol. The van der Waals surface area contributed by atoms with E-state index in [1.165, 1.54) is 32.9 Å². The molecule has 0 spiro atoms. The third-order valence-corrected chi connectivity index (χ3v) is 7.40. The second-order valence-electron chi connectivity index (χ2n) is 8.74. The number of hydrogen-bond acceptors (Lipinski definition) is 2. The van der Waals surface area contributed by atoms with E-state index in [2.05, 4.69) is 120 Å². The highest BCUT2D eigenvalue weighted by molar-refractivity contribution is 14.1. The molecule has 1 aliphatic rings. The lowest BCUT2D eigenvalue weighted by molar-refractivity contribution is 0.00578. The zero-order chi connectivity index (χ0) is 20.4. The van der Waals surface area contributed by atoms with Gasteiger partial charge in [-0.25, -0.2) is 0 Å². The zero-order valence-corrected chi connectivity index (χ0v) is 19.2. The number of benzene rings is 3. The molecule has 0 N–H and O–H groups in total. The summed E-state index contributed by atoms with van der Waals surface area (Å²) in [5.41, 5.74) is 5.22. The lowest BCUT2D eigenvalue weighted by Gasteiger charge is -2.32. The second kappa shape index (κ2) is 6.59. The Morgan fingerprint density at radius 2 is 1.38 bits per heavy atom. The molecule has 0 atom stereocenters. The van der Waals surface area contributed by atoms with Crippen LogP contribution in [0.2, 0.25) is 0 Å². The molecule has 5 rings (SSSR count). The van der Waals surface area contributed by atoms with Crippen LogP contribution in [0.1, 0.15) is 27.7 Å². The Hall–Kier alpha value is -1.83.